The molecule has 33 heavy (non-hydrogen) atoms. The lowest BCUT2D eigenvalue weighted by Crippen LogP contribution is -2.25. The summed E-state index contributed by atoms with van der Waals surface area (Å²) in [6, 6.07) is 13.0. The van der Waals surface area contributed by atoms with Crippen molar-refractivity contribution in [2.24, 2.45) is 0 Å². The van der Waals surface area contributed by atoms with E-state index in [1.807, 2.05) is 30.5 Å². The van der Waals surface area contributed by atoms with Crippen LogP contribution in [0, 0.1) is 6.92 Å². The molecule has 1 amide bonds. The Kier molecular flexibility index (Phi) is 6.72. The van der Waals surface area contributed by atoms with Gasteiger partial charge in [-0.05, 0) is 73.6 Å². The molecule has 0 spiro atoms. The van der Waals surface area contributed by atoms with Gasteiger partial charge in [-0.2, -0.15) is 0 Å². The largest absolute Gasteiger partial charge is 0.503 e. The number of nitrogens with one attached hydrogen (secondary N) is 2. The lowest BCUT2D eigenvalue weighted by Gasteiger charge is -2.13. The molecule has 172 valence electrons. The lowest BCUT2D eigenvalue weighted by molar-refractivity contribution is 0.0951. The van der Waals surface area contributed by atoms with Crippen molar-refractivity contribution in [1.82, 2.24) is 15.3 Å². The molecule has 2 fully saturated rings. The SMILES string of the molecule is Cc1ccc(C(=O)NC2CC2)cc1-c1ccc2nc(NC3CCCC3)ncc2c1.O=C(O)O. The third-order valence-corrected chi connectivity index (χ3v) is 5.99. The van der Waals surface area contributed by atoms with Crippen molar-refractivity contribution in [2.75, 3.05) is 5.32 Å². The number of fused-ring (bicyclic) bond motifs is 1. The molecule has 8 nitrogen and oxygen atoms in total. The first kappa shape index (κ1) is 22.5. The van der Waals surface area contributed by atoms with Crippen LogP contribution in [0.1, 0.15) is 54.4 Å². The fourth-order valence-corrected chi connectivity index (χ4v) is 4.09. The molecule has 0 atom stereocenters. The Labute approximate surface area is 192 Å². The zero-order valence-corrected chi connectivity index (χ0v) is 18.5. The summed E-state index contributed by atoms with van der Waals surface area (Å²) in [5.74, 6) is 0.729. The minimum absolute atomic E-state index is 0.0144. The van der Waals surface area contributed by atoms with Crippen LogP contribution in [-0.2, 0) is 0 Å². The molecule has 0 bridgehead atoms. The number of benzene rings is 2. The number of carbonyl (C=O) groups is 2. The number of carbonyl (C=O) groups excluding carboxylic acids is 1. The zero-order chi connectivity index (χ0) is 23.4. The van der Waals surface area contributed by atoms with Crippen LogP contribution in [0.4, 0.5) is 10.7 Å². The van der Waals surface area contributed by atoms with Crippen molar-refractivity contribution in [3.05, 3.63) is 53.7 Å². The third-order valence-electron chi connectivity index (χ3n) is 5.99. The Morgan fingerprint density at radius 1 is 0.970 bits per heavy atom. The van der Waals surface area contributed by atoms with Crippen molar-refractivity contribution in [2.45, 2.75) is 57.5 Å². The van der Waals surface area contributed by atoms with E-state index in [1.54, 1.807) is 0 Å². The molecule has 0 saturated heterocycles. The molecule has 1 heterocycles. The van der Waals surface area contributed by atoms with E-state index >= 15 is 0 Å². The van der Waals surface area contributed by atoms with E-state index in [4.69, 9.17) is 20.0 Å². The van der Waals surface area contributed by atoms with Gasteiger partial charge >= 0.3 is 6.16 Å². The highest BCUT2D eigenvalue weighted by Gasteiger charge is 2.24. The van der Waals surface area contributed by atoms with E-state index in [0.29, 0.717) is 23.6 Å². The summed E-state index contributed by atoms with van der Waals surface area (Å²) >= 11 is 0. The number of nitrogens with zero attached hydrogens (tertiary/aromatic N) is 2. The molecule has 0 unspecified atom stereocenters. The molecule has 4 N–H and O–H groups in total. The summed E-state index contributed by atoms with van der Waals surface area (Å²) in [6.07, 6.45) is 7.20. The van der Waals surface area contributed by atoms with Crippen LogP contribution in [0.5, 0.6) is 0 Å². The molecule has 3 aromatic rings. The highest BCUT2D eigenvalue weighted by atomic mass is 16.6. The highest BCUT2D eigenvalue weighted by molar-refractivity contribution is 5.96. The van der Waals surface area contributed by atoms with Crippen molar-refractivity contribution in [3.8, 4) is 11.1 Å². The minimum Gasteiger partial charge on any atom is -0.450 e. The van der Waals surface area contributed by atoms with Crippen LogP contribution in [0.25, 0.3) is 22.0 Å². The number of aryl methyl sites for hydroxylation is 1. The fraction of sp³-hybridized carbons (Fsp3) is 0.360. The standard InChI is InChI=1S/C24H26N4O.CH2O3/c1-15-6-7-17(23(29)26-20-9-10-20)13-21(15)16-8-11-22-18(12-16)14-25-24(28-22)27-19-4-2-3-5-19;2-1(3)4/h6-8,11-14,19-20H,2-5,9-10H2,1H3,(H,26,29)(H,25,27,28);(H2,2,3,4). The number of hydrogen-bond donors (Lipinski definition) is 4. The van der Waals surface area contributed by atoms with Crippen molar-refractivity contribution >= 4 is 28.9 Å². The average Bonchev–Trinajstić information content (AvgIpc) is 3.45. The average molecular weight is 449 g/mol. The molecule has 1 aromatic heterocycles. The van der Waals surface area contributed by atoms with Gasteiger partial charge in [0.2, 0.25) is 5.95 Å². The third kappa shape index (κ3) is 5.97. The zero-order valence-electron chi connectivity index (χ0n) is 18.5. The van der Waals surface area contributed by atoms with Crippen molar-refractivity contribution in [3.63, 3.8) is 0 Å². The second kappa shape index (κ2) is 9.85. The second-order valence-corrected chi connectivity index (χ2v) is 8.65. The van der Waals surface area contributed by atoms with Gasteiger partial charge in [0.15, 0.2) is 0 Å². The highest BCUT2D eigenvalue weighted by Crippen LogP contribution is 2.29. The maximum atomic E-state index is 12.4. The summed E-state index contributed by atoms with van der Waals surface area (Å²) < 4.78 is 0. The molecule has 0 aliphatic heterocycles. The molecule has 2 saturated carbocycles. The number of rotatable bonds is 5. The first-order chi connectivity index (χ1) is 15.9. The molecule has 5 rings (SSSR count). The predicted octanol–water partition coefficient (Wildman–Crippen LogP) is 5.07. The summed E-state index contributed by atoms with van der Waals surface area (Å²) in [7, 11) is 0. The Hall–Kier alpha value is -3.68. The number of aromatic nitrogens is 2. The van der Waals surface area contributed by atoms with Crippen LogP contribution in [0.15, 0.2) is 42.6 Å². The lowest BCUT2D eigenvalue weighted by atomic mass is 9.97. The fourth-order valence-electron chi connectivity index (χ4n) is 4.09. The van der Waals surface area contributed by atoms with Gasteiger partial charge in [0.05, 0.1) is 5.52 Å². The molecule has 8 heteroatoms. The minimum atomic E-state index is -1.83. The number of anilines is 1. The van der Waals surface area contributed by atoms with Crippen molar-refractivity contribution in [1.29, 1.82) is 0 Å². The Balaban J connectivity index is 0.000000601. The quantitative estimate of drug-likeness (QED) is 0.429. The molecular weight excluding hydrogens is 420 g/mol. The van der Waals surface area contributed by atoms with Crippen LogP contribution in [0.3, 0.4) is 0 Å². The number of carboxylic acid groups (broad SMARTS) is 2. The Bertz CT molecular complexity index is 1170. The second-order valence-electron chi connectivity index (χ2n) is 8.65. The van der Waals surface area contributed by atoms with Gasteiger partial charge in [0.1, 0.15) is 0 Å². The first-order valence-corrected chi connectivity index (χ1v) is 11.3. The molecular formula is C25H28N4O4. The normalized spacial score (nSPS) is 15.5. The van der Waals surface area contributed by atoms with Gasteiger partial charge in [-0.25, -0.2) is 14.8 Å². The Morgan fingerprint density at radius 2 is 1.70 bits per heavy atom. The molecule has 0 radical (unpaired) electrons. The number of amides is 1. The van der Waals surface area contributed by atoms with E-state index in [1.165, 1.54) is 25.7 Å². The van der Waals surface area contributed by atoms with Gasteiger partial charge in [0, 0.05) is 29.2 Å². The monoisotopic (exact) mass is 448 g/mol. The summed E-state index contributed by atoms with van der Waals surface area (Å²) in [5.41, 5.74) is 4.95. The summed E-state index contributed by atoms with van der Waals surface area (Å²) in [5, 5.41) is 21.5. The van der Waals surface area contributed by atoms with Gasteiger partial charge < -0.3 is 20.8 Å². The van der Waals surface area contributed by atoms with E-state index < -0.39 is 6.16 Å². The van der Waals surface area contributed by atoms with Crippen molar-refractivity contribution < 1.29 is 19.8 Å². The number of hydrogen-bond acceptors (Lipinski definition) is 5. The van der Waals surface area contributed by atoms with Crippen LogP contribution >= 0.6 is 0 Å². The maximum Gasteiger partial charge on any atom is 0.503 e. The molecule has 2 aliphatic carbocycles. The Morgan fingerprint density at radius 3 is 2.39 bits per heavy atom. The topological polar surface area (TPSA) is 124 Å². The summed E-state index contributed by atoms with van der Waals surface area (Å²) in [6.45, 7) is 2.08. The van der Waals surface area contributed by atoms with Crippen LogP contribution in [-0.4, -0.2) is 44.3 Å². The molecule has 2 aromatic carbocycles. The van der Waals surface area contributed by atoms with Crippen LogP contribution < -0.4 is 10.6 Å². The van der Waals surface area contributed by atoms with E-state index in [9.17, 15) is 4.79 Å². The van der Waals surface area contributed by atoms with E-state index in [0.717, 1.165) is 40.4 Å². The van der Waals surface area contributed by atoms with Crippen LogP contribution in [0.2, 0.25) is 0 Å². The molecule has 2 aliphatic rings. The summed E-state index contributed by atoms with van der Waals surface area (Å²) in [4.78, 5) is 30.2. The van der Waals surface area contributed by atoms with E-state index in [2.05, 4.69) is 34.7 Å². The van der Waals surface area contributed by atoms with E-state index in [-0.39, 0.29) is 5.91 Å². The smallest absolute Gasteiger partial charge is 0.450 e. The van der Waals surface area contributed by atoms with Gasteiger partial charge in [-0.3, -0.25) is 4.79 Å². The predicted molar refractivity (Wildman–Crippen MR) is 127 cm³/mol. The van der Waals surface area contributed by atoms with Gasteiger partial charge in [0.25, 0.3) is 5.91 Å². The van der Waals surface area contributed by atoms with Gasteiger partial charge in [-0.15, -0.1) is 0 Å². The first-order valence-electron chi connectivity index (χ1n) is 11.3. The van der Waals surface area contributed by atoms with Gasteiger partial charge in [-0.1, -0.05) is 25.0 Å². The maximum absolute atomic E-state index is 12.4.